The molecular weight excluding hydrogens is 278 g/mol. The molecule has 0 heterocycles. The first-order chi connectivity index (χ1) is 9.05. The molecule has 0 aliphatic heterocycles. The Morgan fingerprint density at radius 1 is 1.20 bits per heavy atom. The minimum Gasteiger partial charge on any atom is -0.446 e. The first kappa shape index (κ1) is 17.3. The Kier molecular flexibility index (Phi) is 5.86. The van der Waals surface area contributed by atoms with Crippen LogP contribution in [0.15, 0.2) is 0 Å². The lowest BCUT2D eigenvalue weighted by molar-refractivity contribution is 0.0595. The summed E-state index contributed by atoms with van der Waals surface area (Å²) in [4.78, 5) is 11.7. The van der Waals surface area contributed by atoms with E-state index in [2.05, 4.69) is 5.32 Å². The van der Waals surface area contributed by atoms with Crippen molar-refractivity contribution >= 4 is 15.9 Å². The SMILES string of the molecule is CC(C)(C)NC(=O)OC1CCC(CCS(C)(=O)=O)CC1. The Labute approximate surface area is 122 Å². The van der Waals surface area contributed by atoms with E-state index in [1.807, 2.05) is 20.8 Å². The molecule has 0 bridgehead atoms. The van der Waals surface area contributed by atoms with Crippen LogP contribution in [-0.4, -0.2) is 38.2 Å². The summed E-state index contributed by atoms with van der Waals surface area (Å²) in [5.74, 6) is 0.698. The second-order valence-corrected chi connectivity index (χ2v) is 9.10. The standard InChI is InChI=1S/C14H27NO4S/c1-14(2,3)15-13(16)19-12-7-5-11(6-8-12)9-10-20(4,17)18/h11-12H,5-10H2,1-4H3,(H,15,16). The molecule has 0 radical (unpaired) electrons. The normalized spacial score (nSPS) is 24.2. The van der Waals surface area contributed by atoms with Crippen molar-refractivity contribution in [2.24, 2.45) is 5.92 Å². The third-order valence-electron chi connectivity index (χ3n) is 3.44. The Balaban J connectivity index is 2.27. The number of ether oxygens (including phenoxy) is 1. The predicted molar refractivity (Wildman–Crippen MR) is 79.4 cm³/mol. The molecule has 20 heavy (non-hydrogen) atoms. The third-order valence-corrected chi connectivity index (χ3v) is 4.42. The molecule has 1 aliphatic carbocycles. The highest BCUT2D eigenvalue weighted by atomic mass is 32.2. The van der Waals surface area contributed by atoms with E-state index in [1.54, 1.807) is 0 Å². The third kappa shape index (κ3) is 7.72. The molecule has 5 nitrogen and oxygen atoms in total. The molecular formula is C14H27NO4S. The van der Waals surface area contributed by atoms with Gasteiger partial charge in [-0.25, -0.2) is 13.2 Å². The molecule has 0 spiro atoms. The van der Waals surface area contributed by atoms with E-state index in [-0.39, 0.29) is 23.5 Å². The Morgan fingerprint density at radius 2 is 1.75 bits per heavy atom. The summed E-state index contributed by atoms with van der Waals surface area (Å²) in [6, 6.07) is 0. The number of alkyl carbamates (subject to hydrolysis) is 1. The molecule has 1 saturated carbocycles. The van der Waals surface area contributed by atoms with Gasteiger partial charge in [0, 0.05) is 11.8 Å². The van der Waals surface area contributed by atoms with Crippen LogP contribution in [-0.2, 0) is 14.6 Å². The van der Waals surface area contributed by atoms with Gasteiger partial charge in [0.05, 0.1) is 5.75 Å². The van der Waals surface area contributed by atoms with E-state index >= 15 is 0 Å². The van der Waals surface area contributed by atoms with Gasteiger partial charge in [-0.05, 0) is 58.8 Å². The molecule has 1 rings (SSSR count). The van der Waals surface area contributed by atoms with Gasteiger partial charge >= 0.3 is 6.09 Å². The highest BCUT2D eigenvalue weighted by molar-refractivity contribution is 7.90. The van der Waals surface area contributed by atoms with E-state index in [4.69, 9.17) is 4.74 Å². The van der Waals surface area contributed by atoms with E-state index in [9.17, 15) is 13.2 Å². The number of hydrogen-bond acceptors (Lipinski definition) is 4. The van der Waals surface area contributed by atoms with Crippen LogP contribution in [0.1, 0.15) is 52.9 Å². The molecule has 1 fully saturated rings. The van der Waals surface area contributed by atoms with Crippen LogP contribution in [0.2, 0.25) is 0 Å². The molecule has 0 aromatic carbocycles. The average Bonchev–Trinajstić information content (AvgIpc) is 2.24. The summed E-state index contributed by atoms with van der Waals surface area (Å²) >= 11 is 0. The Morgan fingerprint density at radius 3 is 2.20 bits per heavy atom. The highest BCUT2D eigenvalue weighted by Gasteiger charge is 2.25. The zero-order chi connectivity index (χ0) is 15.4. The van der Waals surface area contributed by atoms with E-state index in [0.29, 0.717) is 5.92 Å². The van der Waals surface area contributed by atoms with Crippen molar-refractivity contribution in [2.75, 3.05) is 12.0 Å². The van der Waals surface area contributed by atoms with Crippen molar-refractivity contribution in [2.45, 2.75) is 64.5 Å². The number of amides is 1. The monoisotopic (exact) mass is 305 g/mol. The van der Waals surface area contributed by atoms with Crippen LogP contribution in [0, 0.1) is 5.92 Å². The van der Waals surface area contributed by atoms with Crippen molar-refractivity contribution in [3.8, 4) is 0 Å². The van der Waals surface area contributed by atoms with Gasteiger partial charge in [-0.15, -0.1) is 0 Å². The molecule has 1 amide bonds. The smallest absolute Gasteiger partial charge is 0.407 e. The van der Waals surface area contributed by atoms with Gasteiger partial charge < -0.3 is 10.1 Å². The number of carbonyl (C=O) groups excluding carboxylic acids is 1. The summed E-state index contributed by atoms with van der Waals surface area (Å²) in [5.41, 5.74) is -0.288. The van der Waals surface area contributed by atoms with Gasteiger partial charge in [-0.3, -0.25) is 0 Å². The summed E-state index contributed by atoms with van der Waals surface area (Å²) in [5, 5.41) is 2.78. The van der Waals surface area contributed by atoms with E-state index < -0.39 is 9.84 Å². The first-order valence-corrected chi connectivity index (χ1v) is 9.28. The lowest BCUT2D eigenvalue weighted by Gasteiger charge is -2.29. The minimum absolute atomic E-state index is 0.0353. The zero-order valence-electron chi connectivity index (χ0n) is 12.9. The van der Waals surface area contributed by atoms with Crippen molar-refractivity contribution in [3.05, 3.63) is 0 Å². The number of hydrogen-bond donors (Lipinski definition) is 1. The molecule has 118 valence electrons. The van der Waals surface area contributed by atoms with Crippen LogP contribution < -0.4 is 5.32 Å². The van der Waals surface area contributed by atoms with Crippen LogP contribution in [0.4, 0.5) is 4.79 Å². The first-order valence-electron chi connectivity index (χ1n) is 7.22. The van der Waals surface area contributed by atoms with Crippen molar-refractivity contribution in [3.63, 3.8) is 0 Å². The maximum atomic E-state index is 11.7. The lowest BCUT2D eigenvalue weighted by atomic mass is 9.86. The maximum Gasteiger partial charge on any atom is 0.407 e. The number of carbonyl (C=O) groups is 1. The van der Waals surface area contributed by atoms with Crippen molar-refractivity contribution < 1.29 is 17.9 Å². The predicted octanol–water partition coefficient (Wildman–Crippen LogP) is 2.50. The van der Waals surface area contributed by atoms with Crippen molar-refractivity contribution in [1.82, 2.24) is 5.32 Å². The zero-order valence-corrected chi connectivity index (χ0v) is 13.8. The summed E-state index contributed by atoms with van der Waals surface area (Å²) in [6.07, 6.45) is 5.12. The fourth-order valence-electron chi connectivity index (χ4n) is 2.41. The molecule has 0 aromatic heterocycles. The topological polar surface area (TPSA) is 72.5 Å². The number of nitrogens with one attached hydrogen (secondary N) is 1. The lowest BCUT2D eigenvalue weighted by Crippen LogP contribution is -2.42. The molecule has 0 aromatic rings. The van der Waals surface area contributed by atoms with Crippen LogP contribution in [0.3, 0.4) is 0 Å². The minimum atomic E-state index is -2.87. The number of rotatable bonds is 4. The van der Waals surface area contributed by atoms with Gasteiger partial charge in [0.2, 0.25) is 0 Å². The van der Waals surface area contributed by atoms with E-state index in [1.165, 1.54) is 6.26 Å². The van der Waals surface area contributed by atoms with Gasteiger partial charge in [0.1, 0.15) is 15.9 Å². The second kappa shape index (κ2) is 6.78. The highest BCUT2D eigenvalue weighted by Crippen LogP contribution is 2.28. The van der Waals surface area contributed by atoms with Gasteiger partial charge in [-0.1, -0.05) is 0 Å². The quantitative estimate of drug-likeness (QED) is 0.866. The van der Waals surface area contributed by atoms with Gasteiger partial charge in [-0.2, -0.15) is 0 Å². The van der Waals surface area contributed by atoms with Crippen LogP contribution in [0.5, 0.6) is 0 Å². The van der Waals surface area contributed by atoms with Gasteiger partial charge in [0.15, 0.2) is 0 Å². The molecule has 1 aliphatic rings. The second-order valence-electron chi connectivity index (χ2n) is 6.84. The van der Waals surface area contributed by atoms with Crippen LogP contribution in [0.25, 0.3) is 0 Å². The van der Waals surface area contributed by atoms with Crippen molar-refractivity contribution in [1.29, 1.82) is 0 Å². The summed E-state index contributed by atoms with van der Waals surface area (Å²) in [7, 11) is -2.87. The molecule has 0 atom stereocenters. The molecule has 1 N–H and O–H groups in total. The maximum absolute atomic E-state index is 11.7. The molecule has 0 unspecified atom stereocenters. The van der Waals surface area contributed by atoms with E-state index in [0.717, 1.165) is 32.1 Å². The largest absolute Gasteiger partial charge is 0.446 e. The molecule has 0 saturated heterocycles. The summed E-state index contributed by atoms with van der Waals surface area (Å²) < 4.78 is 27.7. The Hall–Kier alpha value is -0.780. The number of sulfone groups is 1. The van der Waals surface area contributed by atoms with Crippen LogP contribution >= 0.6 is 0 Å². The average molecular weight is 305 g/mol. The fraction of sp³-hybridized carbons (Fsp3) is 0.929. The summed E-state index contributed by atoms with van der Waals surface area (Å²) in [6.45, 7) is 5.74. The molecule has 6 heteroatoms. The van der Waals surface area contributed by atoms with Gasteiger partial charge in [0.25, 0.3) is 0 Å². The Bertz CT molecular complexity index is 417. The fourth-order valence-corrected chi connectivity index (χ4v) is 3.17.